The second-order valence-corrected chi connectivity index (χ2v) is 4.70. The Kier molecular flexibility index (Phi) is 6.27. The number of likely N-dealkylation sites (N-methyl/N-ethyl adjacent to an activating group) is 1. The number of hydrogen-bond donors (Lipinski definition) is 2. The molecule has 1 aromatic heterocycles. The molecule has 1 saturated heterocycles. The number of anilines is 1. The van der Waals surface area contributed by atoms with Crippen LogP contribution in [-0.4, -0.2) is 48.7 Å². The highest BCUT2D eigenvalue weighted by molar-refractivity contribution is 5.91. The van der Waals surface area contributed by atoms with Crippen LogP contribution in [0.15, 0.2) is 10.6 Å². The van der Waals surface area contributed by atoms with Gasteiger partial charge in [-0.25, -0.2) is 0 Å². The minimum atomic E-state index is -0.0471. The summed E-state index contributed by atoms with van der Waals surface area (Å²) in [4.78, 5) is 14.1. The van der Waals surface area contributed by atoms with Crippen LogP contribution in [-0.2, 0) is 4.79 Å². The molecule has 1 amide bonds. The maximum Gasteiger partial charge on any atom is 0.240 e. The van der Waals surface area contributed by atoms with Crippen LogP contribution in [0.2, 0.25) is 0 Å². The van der Waals surface area contributed by atoms with E-state index in [1.165, 1.54) is 0 Å². The van der Waals surface area contributed by atoms with Crippen LogP contribution < -0.4 is 10.6 Å². The van der Waals surface area contributed by atoms with Gasteiger partial charge in [-0.05, 0) is 33.4 Å². The minimum Gasteiger partial charge on any atom is -0.338 e. The molecule has 0 saturated carbocycles. The summed E-state index contributed by atoms with van der Waals surface area (Å²) in [5, 5.41) is 9.62. The van der Waals surface area contributed by atoms with E-state index in [1.54, 1.807) is 6.07 Å². The van der Waals surface area contributed by atoms with E-state index < -0.39 is 0 Å². The van der Waals surface area contributed by atoms with Gasteiger partial charge in [-0.2, -0.15) is 0 Å². The Morgan fingerprint density at radius 3 is 3.05 bits per heavy atom. The molecule has 1 atom stereocenters. The van der Waals surface area contributed by atoms with E-state index in [9.17, 15) is 4.79 Å². The van der Waals surface area contributed by atoms with E-state index in [4.69, 9.17) is 4.52 Å². The van der Waals surface area contributed by atoms with Gasteiger partial charge in [0.2, 0.25) is 11.8 Å². The third-order valence-corrected chi connectivity index (χ3v) is 3.18. The number of rotatable bonds is 5. The lowest BCUT2D eigenvalue weighted by molar-refractivity contribution is -0.117. The molecule has 19 heavy (non-hydrogen) atoms. The second-order valence-electron chi connectivity index (χ2n) is 4.70. The first kappa shape index (κ1) is 15.9. The monoisotopic (exact) mass is 288 g/mol. The molecule has 0 aromatic carbocycles. The summed E-state index contributed by atoms with van der Waals surface area (Å²) >= 11 is 0. The van der Waals surface area contributed by atoms with Crippen molar-refractivity contribution in [2.45, 2.75) is 25.8 Å². The topological polar surface area (TPSA) is 70.4 Å². The SMILES string of the molecule is CNCC1CCCN1CC(=O)Nc1cc(C)no1.Cl. The van der Waals surface area contributed by atoms with E-state index in [0.29, 0.717) is 18.5 Å². The maximum atomic E-state index is 11.9. The zero-order valence-electron chi connectivity index (χ0n) is 11.3. The Morgan fingerprint density at radius 2 is 2.42 bits per heavy atom. The first-order chi connectivity index (χ1) is 8.69. The predicted molar refractivity (Wildman–Crippen MR) is 75.6 cm³/mol. The zero-order chi connectivity index (χ0) is 13.0. The quantitative estimate of drug-likeness (QED) is 0.847. The van der Waals surface area contributed by atoms with E-state index in [1.807, 2.05) is 14.0 Å². The number of carbonyl (C=O) groups excluding carboxylic acids is 1. The number of amides is 1. The molecule has 1 aliphatic heterocycles. The van der Waals surface area contributed by atoms with Crippen molar-refractivity contribution in [1.82, 2.24) is 15.4 Å². The number of aromatic nitrogens is 1. The van der Waals surface area contributed by atoms with Crippen molar-refractivity contribution in [3.63, 3.8) is 0 Å². The molecule has 1 unspecified atom stereocenters. The van der Waals surface area contributed by atoms with Crippen molar-refractivity contribution in [3.05, 3.63) is 11.8 Å². The molecule has 7 heteroatoms. The van der Waals surface area contributed by atoms with E-state index in [2.05, 4.69) is 20.7 Å². The van der Waals surface area contributed by atoms with Crippen LogP contribution in [0, 0.1) is 6.92 Å². The van der Waals surface area contributed by atoms with Crippen LogP contribution >= 0.6 is 12.4 Å². The van der Waals surface area contributed by atoms with Gasteiger partial charge in [0.25, 0.3) is 0 Å². The number of likely N-dealkylation sites (tertiary alicyclic amines) is 1. The van der Waals surface area contributed by atoms with E-state index >= 15 is 0 Å². The van der Waals surface area contributed by atoms with Gasteiger partial charge in [0, 0.05) is 18.7 Å². The molecule has 2 heterocycles. The summed E-state index contributed by atoms with van der Waals surface area (Å²) in [6.07, 6.45) is 2.30. The molecule has 1 aliphatic rings. The fraction of sp³-hybridized carbons (Fsp3) is 0.667. The lowest BCUT2D eigenvalue weighted by atomic mass is 10.2. The summed E-state index contributed by atoms with van der Waals surface area (Å²) in [5.41, 5.74) is 0.763. The van der Waals surface area contributed by atoms with Gasteiger partial charge in [-0.15, -0.1) is 12.4 Å². The van der Waals surface area contributed by atoms with Crippen LogP contribution in [0.25, 0.3) is 0 Å². The number of nitrogens with zero attached hydrogens (tertiary/aromatic N) is 2. The largest absolute Gasteiger partial charge is 0.338 e. The number of nitrogens with one attached hydrogen (secondary N) is 2. The molecule has 1 aromatic rings. The zero-order valence-corrected chi connectivity index (χ0v) is 12.1. The molecule has 0 spiro atoms. The second kappa shape index (κ2) is 7.47. The van der Waals surface area contributed by atoms with E-state index in [0.717, 1.165) is 31.6 Å². The molecule has 0 bridgehead atoms. The highest BCUT2D eigenvalue weighted by atomic mass is 35.5. The minimum absolute atomic E-state index is 0. The first-order valence-electron chi connectivity index (χ1n) is 6.31. The van der Waals surface area contributed by atoms with Crippen molar-refractivity contribution in [1.29, 1.82) is 0 Å². The smallest absolute Gasteiger partial charge is 0.240 e. The van der Waals surface area contributed by atoms with E-state index in [-0.39, 0.29) is 18.3 Å². The Morgan fingerprint density at radius 1 is 1.63 bits per heavy atom. The van der Waals surface area contributed by atoms with Gasteiger partial charge >= 0.3 is 0 Å². The Bertz CT molecular complexity index is 410. The standard InChI is InChI=1S/C12H20N4O2.ClH/c1-9-6-12(18-15-9)14-11(17)8-16-5-3-4-10(16)7-13-2;/h6,10,13H,3-5,7-8H2,1-2H3,(H,14,17);1H. The maximum absolute atomic E-state index is 11.9. The third-order valence-electron chi connectivity index (χ3n) is 3.18. The molecular weight excluding hydrogens is 268 g/mol. The van der Waals surface area contributed by atoms with Crippen LogP contribution in [0.4, 0.5) is 5.88 Å². The molecule has 6 nitrogen and oxygen atoms in total. The lowest BCUT2D eigenvalue weighted by Gasteiger charge is -2.23. The number of halogens is 1. The van der Waals surface area contributed by atoms with Gasteiger partial charge in [0.15, 0.2) is 0 Å². The van der Waals surface area contributed by atoms with Crippen LogP contribution in [0.1, 0.15) is 18.5 Å². The summed E-state index contributed by atoms with van der Waals surface area (Å²) in [7, 11) is 1.94. The van der Waals surface area contributed by atoms with Crippen molar-refractivity contribution >= 4 is 24.2 Å². The molecule has 1 fully saturated rings. The fourth-order valence-corrected chi connectivity index (χ4v) is 2.35. The number of hydrogen-bond acceptors (Lipinski definition) is 5. The van der Waals surface area contributed by atoms with Crippen LogP contribution in [0.5, 0.6) is 0 Å². The average molecular weight is 289 g/mol. The van der Waals surface area contributed by atoms with Crippen molar-refractivity contribution in [2.24, 2.45) is 0 Å². The van der Waals surface area contributed by atoms with Gasteiger partial charge in [-0.3, -0.25) is 15.0 Å². The van der Waals surface area contributed by atoms with Gasteiger partial charge < -0.3 is 9.84 Å². The van der Waals surface area contributed by atoms with Crippen molar-refractivity contribution in [3.8, 4) is 0 Å². The molecular formula is C12H21ClN4O2. The van der Waals surface area contributed by atoms with Gasteiger partial charge in [0.05, 0.1) is 12.2 Å². The average Bonchev–Trinajstić information content (AvgIpc) is 2.90. The normalized spacial score (nSPS) is 19.2. The third kappa shape index (κ3) is 4.49. The van der Waals surface area contributed by atoms with Crippen LogP contribution in [0.3, 0.4) is 0 Å². The number of aryl methyl sites for hydroxylation is 1. The van der Waals surface area contributed by atoms with Crippen molar-refractivity contribution in [2.75, 3.05) is 32.0 Å². The predicted octanol–water partition coefficient (Wildman–Crippen LogP) is 1.03. The molecule has 0 aliphatic carbocycles. The molecule has 0 radical (unpaired) electrons. The van der Waals surface area contributed by atoms with Gasteiger partial charge in [-0.1, -0.05) is 5.16 Å². The summed E-state index contributed by atoms with van der Waals surface area (Å²) in [6, 6.07) is 2.17. The Balaban J connectivity index is 0.00000180. The molecule has 2 rings (SSSR count). The van der Waals surface area contributed by atoms with Gasteiger partial charge in [0.1, 0.15) is 0 Å². The van der Waals surface area contributed by atoms with Crippen molar-refractivity contribution < 1.29 is 9.32 Å². The Hall–Kier alpha value is -1.11. The first-order valence-corrected chi connectivity index (χ1v) is 6.31. The number of carbonyl (C=O) groups is 1. The Labute approximate surface area is 119 Å². The summed E-state index contributed by atoms with van der Waals surface area (Å²) < 4.78 is 4.96. The lowest BCUT2D eigenvalue weighted by Crippen LogP contribution is -2.41. The molecule has 2 N–H and O–H groups in total. The summed E-state index contributed by atoms with van der Waals surface area (Å²) in [6.45, 7) is 4.14. The summed E-state index contributed by atoms with van der Waals surface area (Å²) in [5.74, 6) is 0.371. The molecule has 108 valence electrons. The fourth-order valence-electron chi connectivity index (χ4n) is 2.35. The highest BCUT2D eigenvalue weighted by Crippen LogP contribution is 2.16. The highest BCUT2D eigenvalue weighted by Gasteiger charge is 2.25.